The SMILES string of the molecule is COc1c(N2CC3CCCN(C(=O)OCOC(C)=O)C3C2)c(F)cc2c(=O)c(C(=O)OCC(=O)[C@]3(O)CC[C@@H]4[C@H]5CCC6=CC(=O)C=C[C@@]6(C)[C@@H]5[C@H](O)C[C@]43C)cn(C3CC3)c12. The van der Waals surface area contributed by atoms with E-state index in [-0.39, 0.29) is 77.7 Å². The molecule has 5 aliphatic carbocycles. The van der Waals surface area contributed by atoms with E-state index in [4.69, 9.17) is 18.9 Å². The lowest BCUT2D eigenvalue weighted by atomic mass is 9.46. The zero-order chi connectivity index (χ0) is 44.0. The van der Waals surface area contributed by atoms with Crippen LogP contribution in [0.2, 0.25) is 0 Å². The van der Waals surface area contributed by atoms with Gasteiger partial charge >= 0.3 is 18.0 Å². The molecule has 9 rings (SSSR count). The van der Waals surface area contributed by atoms with Crippen LogP contribution < -0.4 is 15.1 Å². The molecule has 9 atom stereocenters. The fourth-order valence-electron chi connectivity index (χ4n) is 12.7. The van der Waals surface area contributed by atoms with Gasteiger partial charge in [-0.3, -0.25) is 19.2 Å². The highest BCUT2D eigenvalue weighted by atomic mass is 19.1. The molecular formula is C46H54FN3O12. The molecule has 1 aromatic heterocycles. The Balaban J connectivity index is 0.950. The molecule has 4 saturated carbocycles. The summed E-state index contributed by atoms with van der Waals surface area (Å²) in [6.45, 7) is 4.84. The van der Waals surface area contributed by atoms with Crippen LogP contribution in [0.15, 0.2) is 40.9 Å². The summed E-state index contributed by atoms with van der Waals surface area (Å²) in [6, 6.07) is 0.648. The van der Waals surface area contributed by atoms with Crippen molar-refractivity contribution in [3.8, 4) is 5.75 Å². The summed E-state index contributed by atoms with van der Waals surface area (Å²) in [5, 5.41) is 23.9. The van der Waals surface area contributed by atoms with Gasteiger partial charge in [0.15, 0.2) is 24.0 Å². The molecule has 2 saturated heterocycles. The summed E-state index contributed by atoms with van der Waals surface area (Å²) < 4.78 is 39.6. The number of fused-ring (bicyclic) bond motifs is 7. The Morgan fingerprint density at radius 2 is 1.79 bits per heavy atom. The highest BCUT2D eigenvalue weighted by Crippen LogP contribution is 2.67. The Morgan fingerprint density at radius 3 is 2.52 bits per heavy atom. The lowest BCUT2D eigenvalue weighted by Gasteiger charge is -2.59. The molecule has 1 amide bonds. The molecule has 0 radical (unpaired) electrons. The maximum Gasteiger partial charge on any atom is 0.412 e. The number of rotatable bonds is 9. The van der Waals surface area contributed by atoms with E-state index in [0.717, 1.165) is 30.9 Å². The fourth-order valence-corrected chi connectivity index (χ4v) is 12.7. The van der Waals surface area contributed by atoms with E-state index in [1.165, 1.54) is 20.2 Å². The smallest absolute Gasteiger partial charge is 0.412 e. The summed E-state index contributed by atoms with van der Waals surface area (Å²) in [6.07, 6.45) is 10.1. The molecule has 62 heavy (non-hydrogen) atoms. The van der Waals surface area contributed by atoms with Crippen molar-refractivity contribution < 1.29 is 57.5 Å². The van der Waals surface area contributed by atoms with Crippen molar-refractivity contribution in [3.05, 3.63) is 57.7 Å². The molecule has 15 nitrogen and oxygen atoms in total. The van der Waals surface area contributed by atoms with Crippen LogP contribution >= 0.6 is 0 Å². The van der Waals surface area contributed by atoms with Gasteiger partial charge in [0.2, 0.25) is 18.0 Å². The summed E-state index contributed by atoms with van der Waals surface area (Å²) in [5.41, 5.74) is -3.20. The highest BCUT2D eigenvalue weighted by Gasteiger charge is 2.68. The second kappa shape index (κ2) is 15.3. The van der Waals surface area contributed by atoms with E-state index in [9.17, 15) is 39.0 Å². The van der Waals surface area contributed by atoms with E-state index < -0.39 is 76.6 Å². The van der Waals surface area contributed by atoms with Crippen molar-refractivity contribution in [2.75, 3.05) is 45.0 Å². The van der Waals surface area contributed by atoms with Crippen LogP contribution in [0.5, 0.6) is 5.75 Å². The van der Waals surface area contributed by atoms with Crippen molar-refractivity contribution in [3.63, 3.8) is 0 Å². The van der Waals surface area contributed by atoms with E-state index in [2.05, 4.69) is 6.92 Å². The van der Waals surface area contributed by atoms with Gasteiger partial charge in [-0.05, 0) is 93.8 Å². The number of amides is 1. The predicted octanol–water partition coefficient (Wildman–Crippen LogP) is 4.78. The van der Waals surface area contributed by atoms with E-state index in [1.54, 1.807) is 26.5 Å². The third-order valence-corrected chi connectivity index (χ3v) is 15.8. The number of piperidine rings is 1. The second-order valence-corrected chi connectivity index (χ2v) is 19.0. The van der Waals surface area contributed by atoms with Crippen LogP contribution in [0.4, 0.5) is 14.9 Å². The normalized spacial score (nSPS) is 33.5. The molecule has 7 aliphatic rings. The monoisotopic (exact) mass is 859 g/mol. The summed E-state index contributed by atoms with van der Waals surface area (Å²) in [5.74, 6) is -3.43. The average molecular weight is 860 g/mol. The van der Waals surface area contributed by atoms with Crippen LogP contribution in [0.3, 0.4) is 0 Å². The maximum absolute atomic E-state index is 16.5. The number of carbonyl (C=O) groups excluding carboxylic acids is 5. The lowest BCUT2D eigenvalue weighted by molar-refractivity contribution is -0.178. The first-order valence-corrected chi connectivity index (χ1v) is 21.8. The van der Waals surface area contributed by atoms with Gasteiger partial charge < -0.3 is 43.5 Å². The lowest BCUT2D eigenvalue weighted by Crippen LogP contribution is -2.61. The molecule has 16 heteroatoms. The second-order valence-electron chi connectivity index (χ2n) is 19.0. The number of halogens is 1. The third kappa shape index (κ3) is 6.57. The Bertz CT molecular complexity index is 2390. The van der Waals surface area contributed by atoms with Crippen LogP contribution in [0.1, 0.15) is 95.0 Å². The number of methoxy groups -OCH3 is 1. The summed E-state index contributed by atoms with van der Waals surface area (Å²) in [4.78, 5) is 81.9. The number of Topliss-reactive ketones (excluding diaryl/α,β-unsaturated/α-hetero) is 1. The number of aromatic nitrogens is 1. The zero-order valence-electron chi connectivity index (χ0n) is 35.5. The number of benzene rings is 1. The first-order chi connectivity index (χ1) is 29.5. The zero-order valence-corrected chi connectivity index (χ0v) is 35.5. The first kappa shape index (κ1) is 42.2. The Morgan fingerprint density at radius 1 is 1.02 bits per heavy atom. The number of esters is 2. The van der Waals surface area contributed by atoms with Gasteiger partial charge in [0.1, 0.15) is 16.9 Å². The number of nitrogens with zero attached hydrogens (tertiary/aromatic N) is 3. The molecule has 2 aliphatic heterocycles. The predicted molar refractivity (Wildman–Crippen MR) is 220 cm³/mol. The largest absolute Gasteiger partial charge is 0.492 e. The number of hydrogen-bond donors (Lipinski definition) is 2. The van der Waals surface area contributed by atoms with Gasteiger partial charge in [-0.25, -0.2) is 14.0 Å². The number of likely N-dealkylation sites (tertiary alicyclic amines) is 1. The van der Waals surface area contributed by atoms with Gasteiger partial charge in [0.25, 0.3) is 0 Å². The van der Waals surface area contributed by atoms with Crippen molar-refractivity contribution >= 4 is 46.2 Å². The van der Waals surface area contributed by atoms with Gasteiger partial charge in [0.05, 0.1) is 30.2 Å². The molecule has 2 N–H and O–H groups in total. The molecule has 2 unspecified atom stereocenters. The standard InChI is InChI=1S/C46H54FN3O12/c1-24(51)61-23-62-43(57)49-15-5-6-25-19-48(21-34(25)49)39-33(47)17-30-38(41(39)59-4)50(27-8-9-27)20-31(40(30)55)42(56)60-22-36(54)46(58)14-12-32-29-10-7-26-16-28(52)11-13-44(26,2)37(29)35(53)18-45(32,46)3/h11,13,16-17,20,25,27,29,32,34-35,37,53,58H,5-10,12,14-15,18-19,21-23H2,1-4H3/t25?,29-,32-,34?,35-,37+,44-,45-,46-/m1/s1. The number of allylic oxidation sites excluding steroid dienone is 4. The Kier molecular flexibility index (Phi) is 10.4. The number of carbonyl (C=O) groups is 5. The number of ketones is 2. The van der Waals surface area contributed by atoms with Gasteiger partial charge in [-0.15, -0.1) is 0 Å². The van der Waals surface area contributed by atoms with Crippen LogP contribution in [0.25, 0.3) is 10.9 Å². The number of anilines is 1. The van der Waals surface area contributed by atoms with Crippen LogP contribution in [-0.4, -0.2) is 107 Å². The number of ether oxygens (including phenoxy) is 4. The summed E-state index contributed by atoms with van der Waals surface area (Å²) in [7, 11) is 1.39. The molecule has 332 valence electrons. The Labute approximate surface area is 357 Å². The van der Waals surface area contributed by atoms with E-state index >= 15 is 4.39 Å². The maximum atomic E-state index is 16.5. The van der Waals surface area contributed by atoms with Crippen molar-refractivity contribution in [2.45, 2.75) is 102 Å². The van der Waals surface area contributed by atoms with Crippen molar-refractivity contribution in [1.82, 2.24) is 9.47 Å². The minimum Gasteiger partial charge on any atom is -0.492 e. The van der Waals surface area contributed by atoms with Gasteiger partial charge in [0, 0.05) is 55.5 Å². The van der Waals surface area contributed by atoms with E-state index in [1.807, 2.05) is 13.0 Å². The van der Waals surface area contributed by atoms with E-state index in [0.29, 0.717) is 44.3 Å². The summed E-state index contributed by atoms with van der Waals surface area (Å²) >= 11 is 0. The Hall–Kier alpha value is -5.09. The van der Waals surface area contributed by atoms with Gasteiger partial charge in [-0.2, -0.15) is 0 Å². The average Bonchev–Trinajstić information content (AvgIpc) is 3.92. The van der Waals surface area contributed by atoms with Crippen LogP contribution in [0, 0.1) is 40.3 Å². The molecule has 6 fully saturated rings. The minimum atomic E-state index is -1.90. The highest BCUT2D eigenvalue weighted by molar-refractivity contribution is 6.01. The molecular weight excluding hydrogens is 806 g/mol. The molecule has 3 heterocycles. The minimum absolute atomic E-state index is 0.0162. The van der Waals surface area contributed by atoms with Crippen molar-refractivity contribution in [2.24, 2.45) is 34.5 Å². The fraction of sp³-hybridized carbons (Fsp3) is 0.609. The van der Waals surface area contributed by atoms with Crippen LogP contribution in [-0.2, 0) is 28.6 Å². The number of pyridine rings is 1. The topological polar surface area (TPSA) is 191 Å². The number of hydrogen-bond acceptors (Lipinski definition) is 13. The number of aliphatic hydroxyl groups excluding tert-OH is 1. The van der Waals surface area contributed by atoms with Crippen molar-refractivity contribution in [1.29, 1.82) is 0 Å². The quantitative estimate of drug-likeness (QED) is 0.259. The number of aliphatic hydroxyl groups is 2. The first-order valence-electron chi connectivity index (χ1n) is 21.8. The molecule has 0 bridgehead atoms. The van der Waals surface area contributed by atoms with Gasteiger partial charge in [-0.1, -0.05) is 25.5 Å². The molecule has 1 aromatic carbocycles. The molecule has 0 spiro atoms. The third-order valence-electron chi connectivity index (χ3n) is 15.8. The molecule has 2 aromatic rings.